The van der Waals surface area contributed by atoms with Crippen LogP contribution in [0.1, 0.15) is 226 Å². The van der Waals surface area contributed by atoms with Crippen molar-refractivity contribution in [2.75, 3.05) is 19.8 Å². The maximum absolute atomic E-state index is 12.7. The Morgan fingerprint density at radius 3 is 1.34 bits per heavy atom. The second-order valence-corrected chi connectivity index (χ2v) is 15.6. The average Bonchev–Trinajstić information content (AvgIpc) is 3.20. The third-order valence-electron chi connectivity index (χ3n) is 10.0. The summed E-state index contributed by atoms with van der Waals surface area (Å²) in [7, 11) is 0. The first kappa shape index (κ1) is 53.6. The van der Waals surface area contributed by atoms with E-state index in [2.05, 4.69) is 81.5 Å². The predicted molar refractivity (Wildman–Crippen MR) is 242 cm³/mol. The molecule has 0 fully saturated rings. The van der Waals surface area contributed by atoms with Gasteiger partial charge in [-0.25, -0.2) is 0 Å². The van der Waals surface area contributed by atoms with Gasteiger partial charge < -0.3 is 14.2 Å². The van der Waals surface area contributed by atoms with Gasteiger partial charge in [0.25, 0.3) is 0 Å². The lowest BCUT2D eigenvalue weighted by Gasteiger charge is -2.18. The number of carbonyl (C=O) groups excluding carboxylic acids is 2. The smallest absolute Gasteiger partial charge is 0.306 e. The van der Waals surface area contributed by atoms with Crippen LogP contribution in [-0.2, 0) is 23.8 Å². The molecular formula is C51H90O5. The number of hydrogen-bond acceptors (Lipinski definition) is 5. The van der Waals surface area contributed by atoms with E-state index in [4.69, 9.17) is 14.2 Å². The first-order valence-corrected chi connectivity index (χ1v) is 23.8. The van der Waals surface area contributed by atoms with Crippen LogP contribution in [-0.4, -0.2) is 37.9 Å². The van der Waals surface area contributed by atoms with E-state index in [1.165, 1.54) is 116 Å². The van der Waals surface area contributed by atoms with Crippen molar-refractivity contribution < 1.29 is 23.8 Å². The Hall–Kier alpha value is -2.40. The Balaban J connectivity index is 4.30. The van der Waals surface area contributed by atoms with Gasteiger partial charge in [-0.3, -0.25) is 9.59 Å². The lowest BCUT2D eigenvalue weighted by atomic mass is 10.1. The molecule has 0 radical (unpaired) electrons. The SMILES string of the molecule is CC/C=C\C/C=C\C/C=C\CCCCCC(=O)OCC(COCCCCCCCC/C=C\C/C=C\CCCCC)OC(=O)CCCCCCCCCCCCC. The zero-order valence-electron chi connectivity index (χ0n) is 37.1. The molecule has 56 heavy (non-hydrogen) atoms. The molecule has 5 nitrogen and oxygen atoms in total. The molecule has 5 heteroatoms. The number of allylic oxidation sites excluding steroid dienone is 10. The highest BCUT2D eigenvalue weighted by atomic mass is 16.6. The van der Waals surface area contributed by atoms with Gasteiger partial charge >= 0.3 is 11.9 Å². The van der Waals surface area contributed by atoms with E-state index in [9.17, 15) is 9.59 Å². The maximum Gasteiger partial charge on any atom is 0.306 e. The molecule has 0 aromatic carbocycles. The summed E-state index contributed by atoms with van der Waals surface area (Å²) in [6.45, 7) is 7.64. The summed E-state index contributed by atoms with van der Waals surface area (Å²) in [4.78, 5) is 25.2. The minimum atomic E-state index is -0.550. The molecule has 0 aromatic heterocycles. The van der Waals surface area contributed by atoms with Gasteiger partial charge in [-0.15, -0.1) is 0 Å². The van der Waals surface area contributed by atoms with Crippen molar-refractivity contribution >= 4 is 11.9 Å². The van der Waals surface area contributed by atoms with Gasteiger partial charge in [-0.1, -0.05) is 191 Å². The lowest BCUT2D eigenvalue weighted by molar-refractivity contribution is -0.163. The third-order valence-corrected chi connectivity index (χ3v) is 10.0. The molecule has 0 saturated heterocycles. The van der Waals surface area contributed by atoms with Crippen molar-refractivity contribution in [3.63, 3.8) is 0 Å². The van der Waals surface area contributed by atoms with Gasteiger partial charge in [-0.05, 0) is 83.5 Å². The molecule has 1 atom stereocenters. The lowest BCUT2D eigenvalue weighted by Crippen LogP contribution is -2.30. The quantitative estimate of drug-likeness (QED) is 0.0350. The number of esters is 2. The Labute approximate surface area is 347 Å². The fourth-order valence-corrected chi connectivity index (χ4v) is 6.49. The number of ether oxygens (including phenoxy) is 3. The molecule has 0 spiro atoms. The second kappa shape index (κ2) is 47.0. The normalized spacial score (nSPS) is 12.7. The van der Waals surface area contributed by atoms with Gasteiger partial charge in [0.1, 0.15) is 6.61 Å². The van der Waals surface area contributed by atoms with Gasteiger partial charge in [0.15, 0.2) is 6.10 Å². The Kier molecular flexibility index (Phi) is 45.0. The maximum atomic E-state index is 12.7. The Morgan fingerprint density at radius 1 is 0.411 bits per heavy atom. The average molecular weight is 783 g/mol. The largest absolute Gasteiger partial charge is 0.462 e. The molecule has 0 amide bonds. The fraction of sp³-hybridized carbons (Fsp3) is 0.765. The van der Waals surface area contributed by atoms with E-state index in [0.29, 0.717) is 19.4 Å². The minimum Gasteiger partial charge on any atom is -0.462 e. The molecule has 0 aliphatic rings. The monoisotopic (exact) mass is 783 g/mol. The third kappa shape index (κ3) is 44.3. The summed E-state index contributed by atoms with van der Waals surface area (Å²) in [6.07, 6.45) is 57.9. The molecule has 1 unspecified atom stereocenters. The number of rotatable bonds is 43. The predicted octanol–water partition coefficient (Wildman–Crippen LogP) is 15.8. The fourth-order valence-electron chi connectivity index (χ4n) is 6.49. The van der Waals surface area contributed by atoms with Crippen LogP contribution in [0.4, 0.5) is 0 Å². The zero-order valence-corrected chi connectivity index (χ0v) is 37.1. The van der Waals surface area contributed by atoms with Crippen LogP contribution >= 0.6 is 0 Å². The molecule has 0 N–H and O–H groups in total. The molecule has 0 bridgehead atoms. The summed E-state index contributed by atoms with van der Waals surface area (Å²) in [6, 6.07) is 0. The van der Waals surface area contributed by atoms with Crippen molar-refractivity contribution in [3.05, 3.63) is 60.8 Å². The van der Waals surface area contributed by atoms with Crippen molar-refractivity contribution in [2.45, 2.75) is 232 Å². The van der Waals surface area contributed by atoms with Crippen molar-refractivity contribution in [1.29, 1.82) is 0 Å². The molecule has 0 aliphatic heterocycles. The highest BCUT2D eigenvalue weighted by molar-refractivity contribution is 5.70. The Morgan fingerprint density at radius 2 is 0.804 bits per heavy atom. The van der Waals surface area contributed by atoms with Crippen molar-refractivity contribution in [1.82, 2.24) is 0 Å². The van der Waals surface area contributed by atoms with Crippen molar-refractivity contribution in [2.24, 2.45) is 0 Å². The number of unbranched alkanes of at least 4 members (excludes halogenated alkanes) is 22. The summed E-state index contributed by atoms with van der Waals surface area (Å²) in [5, 5.41) is 0. The van der Waals surface area contributed by atoms with Crippen LogP contribution in [0.2, 0.25) is 0 Å². The highest BCUT2D eigenvalue weighted by Crippen LogP contribution is 2.14. The standard InChI is InChI=1S/C51H90O5/c1-4-7-10-13-16-19-22-24-25-26-28-31-34-37-40-43-46-54-47-49(56-51(53)45-42-39-36-33-29-21-18-15-12-9-6-3)48-55-50(52)44-41-38-35-32-30-27-23-20-17-14-11-8-5-2/h8,11,16-17,19-20,24-25,27,30,49H,4-7,9-10,12-15,18,21-23,26,28-29,31-48H2,1-3H3/b11-8-,19-16-,20-17-,25-24-,30-27-. The van der Waals surface area contributed by atoms with E-state index in [-0.39, 0.29) is 25.2 Å². The molecule has 0 heterocycles. The molecule has 324 valence electrons. The van der Waals surface area contributed by atoms with Crippen molar-refractivity contribution in [3.8, 4) is 0 Å². The van der Waals surface area contributed by atoms with E-state index >= 15 is 0 Å². The summed E-state index contributed by atoms with van der Waals surface area (Å²) in [5.41, 5.74) is 0. The first-order chi connectivity index (χ1) is 27.6. The van der Waals surface area contributed by atoms with Gasteiger partial charge in [0.05, 0.1) is 6.61 Å². The van der Waals surface area contributed by atoms with Crippen LogP contribution in [0.15, 0.2) is 60.8 Å². The Bertz CT molecular complexity index is 977. The molecule has 0 aliphatic carbocycles. The first-order valence-electron chi connectivity index (χ1n) is 23.8. The molecule has 0 rings (SSSR count). The zero-order chi connectivity index (χ0) is 40.7. The van der Waals surface area contributed by atoms with Crippen LogP contribution in [0.25, 0.3) is 0 Å². The molecular weight excluding hydrogens is 693 g/mol. The van der Waals surface area contributed by atoms with Gasteiger partial charge in [0, 0.05) is 19.4 Å². The van der Waals surface area contributed by atoms with Crippen LogP contribution in [0.3, 0.4) is 0 Å². The van der Waals surface area contributed by atoms with E-state index < -0.39 is 6.10 Å². The van der Waals surface area contributed by atoms with Gasteiger partial charge in [0.2, 0.25) is 0 Å². The van der Waals surface area contributed by atoms with E-state index in [1.54, 1.807) is 0 Å². The topological polar surface area (TPSA) is 61.8 Å². The minimum absolute atomic E-state index is 0.0665. The highest BCUT2D eigenvalue weighted by Gasteiger charge is 2.17. The van der Waals surface area contributed by atoms with Crippen LogP contribution in [0, 0.1) is 0 Å². The van der Waals surface area contributed by atoms with E-state index in [0.717, 1.165) is 77.0 Å². The summed E-state index contributed by atoms with van der Waals surface area (Å²) < 4.78 is 17.3. The molecule has 0 aromatic rings. The summed E-state index contributed by atoms with van der Waals surface area (Å²) >= 11 is 0. The van der Waals surface area contributed by atoms with E-state index in [1.807, 2.05) is 0 Å². The second-order valence-electron chi connectivity index (χ2n) is 15.6. The summed E-state index contributed by atoms with van der Waals surface area (Å²) in [5.74, 6) is -0.435. The van der Waals surface area contributed by atoms with Gasteiger partial charge in [-0.2, -0.15) is 0 Å². The van der Waals surface area contributed by atoms with Crippen LogP contribution in [0.5, 0.6) is 0 Å². The number of carbonyl (C=O) groups is 2. The number of hydrogen-bond donors (Lipinski definition) is 0. The molecule has 0 saturated carbocycles. The van der Waals surface area contributed by atoms with Crippen LogP contribution < -0.4 is 0 Å².